The molecule has 1 aromatic rings. The number of amides is 1. The average molecular weight is 384 g/mol. The number of nitrogens with two attached hydrogens (primary N) is 1. The van der Waals surface area contributed by atoms with Gasteiger partial charge < -0.3 is 14.4 Å². The Hall–Kier alpha value is -2.13. The van der Waals surface area contributed by atoms with Gasteiger partial charge in [-0.2, -0.15) is 0 Å². The molecule has 1 aliphatic carbocycles. The summed E-state index contributed by atoms with van der Waals surface area (Å²) < 4.78 is 33.1. The largest absolute Gasteiger partial charge is 0.496 e. The lowest BCUT2D eigenvalue weighted by molar-refractivity contribution is -0.134. The quantitative estimate of drug-likeness (QED) is 0.639. The molecule has 26 heavy (non-hydrogen) atoms. The van der Waals surface area contributed by atoms with Gasteiger partial charge in [0.25, 0.3) is 5.91 Å². The first-order valence-corrected chi connectivity index (χ1v) is 9.96. The molecule has 0 aromatic heterocycles. The second-order valence-corrected chi connectivity index (χ2v) is 7.83. The number of benzene rings is 1. The molecule has 1 saturated carbocycles. The number of ether oxygens (including phenoxy) is 2. The van der Waals surface area contributed by atoms with Gasteiger partial charge in [-0.15, -0.1) is 0 Å². The molecule has 0 atom stereocenters. The van der Waals surface area contributed by atoms with Gasteiger partial charge >= 0.3 is 5.97 Å². The van der Waals surface area contributed by atoms with Crippen molar-refractivity contribution >= 4 is 21.9 Å². The predicted molar refractivity (Wildman–Crippen MR) is 94.2 cm³/mol. The zero-order valence-electron chi connectivity index (χ0n) is 14.9. The van der Waals surface area contributed by atoms with Crippen LogP contribution in [0.25, 0.3) is 0 Å². The predicted octanol–water partition coefficient (Wildman–Crippen LogP) is 1.15. The molecular weight excluding hydrogens is 360 g/mol. The van der Waals surface area contributed by atoms with Crippen molar-refractivity contribution in [2.75, 3.05) is 26.8 Å². The maximum Gasteiger partial charge on any atom is 0.342 e. The summed E-state index contributed by atoms with van der Waals surface area (Å²) >= 11 is 0. The molecule has 0 spiro atoms. The molecule has 1 amide bonds. The van der Waals surface area contributed by atoms with Crippen LogP contribution < -0.4 is 9.88 Å². The first-order chi connectivity index (χ1) is 12.3. The minimum Gasteiger partial charge on any atom is -0.496 e. The fraction of sp³-hybridized carbons (Fsp3) is 0.529. The summed E-state index contributed by atoms with van der Waals surface area (Å²) in [6.07, 6.45) is 3.05. The lowest BCUT2D eigenvalue weighted by atomic mass is 10.2. The number of carbonyl (C=O) groups is 2. The first-order valence-electron chi connectivity index (χ1n) is 8.42. The van der Waals surface area contributed by atoms with Crippen LogP contribution in [-0.2, 0) is 19.6 Å². The van der Waals surface area contributed by atoms with E-state index in [9.17, 15) is 18.0 Å². The fourth-order valence-corrected chi connectivity index (χ4v) is 3.06. The molecule has 0 radical (unpaired) electrons. The Morgan fingerprint density at radius 3 is 2.54 bits per heavy atom. The lowest BCUT2D eigenvalue weighted by Gasteiger charge is -2.21. The number of esters is 1. The second-order valence-electron chi connectivity index (χ2n) is 6.27. The Bertz CT molecular complexity index is 773. The van der Waals surface area contributed by atoms with Crippen LogP contribution in [0.3, 0.4) is 0 Å². The number of rotatable bonds is 9. The maximum atomic E-state index is 12.3. The second kappa shape index (κ2) is 8.50. The molecule has 2 rings (SSSR count). The zero-order valence-corrected chi connectivity index (χ0v) is 15.8. The minimum absolute atomic E-state index is 0.101. The highest BCUT2D eigenvalue weighted by Crippen LogP contribution is 2.30. The molecule has 2 N–H and O–H groups in total. The standard InChI is InChI=1S/C17H24N2O6S/c1-3-8-19(10-12-4-5-12)16(20)11-25-17(21)14-9-13(26(18,22)23)6-7-15(14)24-2/h6-7,9,12H,3-5,8,10-11H2,1-2H3,(H2,18,22,23). The van der Waals surface area contributed by atoms with Crippen molar-refractivity contribution in [3.63, 3.8) is 0 Å². The average Bonchev–Trinajstić information content (AvgIpc) is 3.41. The Morgan fingerprint density at radius 1 is 1.31 bits per heavy atom. The summed E-state index contributed by atoms with van der Waals surface area (Å²) in [5.74, 6) is -0.441. The third kappa shape index (κ3) is 5.43. The fourth-order valence-electron chi connectivity index (χ4n) is 2.52. The first kappa shape index (κ1) is 20.2. The van der Waals surface area contributed by atoms with Crippen molar-refractivity contribution < 1.29 is 27.5 Å². The number of primary sulfonamides is 1. The van der Waals surface area contributed by atoms with E-state index in [2.05, 4.69) is 0 Å². The van der Waals surface area contributed by atoms with Gasteiger partial charge in [-0.05, 0) is 43.4 Å². The molecule has 1 aromatic carbocycles. The van der Waals surface area contributed by atoms with E-state index >= 15 is 0 Å². The Labute approximate surface area is 153 Å². The van der Waals surface area contributed by atoms with Crippen LogP contribution in [0.5, 0.6) is 5.75 Å². The van der Waals surface area contributed by atoms with E-state index < -0.39 is 22.6 Å². The molecule has 144 valence electrons. The number of nitrogens with zero attached hydrogens (tertiary/aromatic N) is 1. The molecular formula is C17H24N2O6S. The van der Waals surface area contributed by atoms with E-state index in [1.807, 2.05) is 6.92 Å². The van der Waals surface area contributed by atoms with Crippen molar-refractivity contribution in [2.24, 2.45) is 11.1 Å². The summed E-state index contributed by atoms with van der Waals surface area (Å²) in [6, 6.07) is 3.62. The number of carbonyl (C=O) groups excluding carboxylic acids is 2. The summed E-state index contributed by atoms with van der Waals surface area (Å²) in [5, 5.41) is 5.08. The Kier molecular flexibility index (Phi) is 6.60. The van der Waals surface area contributed by atoms with E-state index in [4.69, 9.17) is 14.6 Å². The van der Waals surface area contributed by atoms with Crippen LogP contribution in [0.15, 0.2) is 23.1 Å². The topological polar surface area (TPSA) is 116 Å². The van der Waals surface area contributed by atoms with Crippen LogP contribution in [0, 0.1) is 5.92 Å². The van der Waals surface area contributed by atoms with Crippen molar-refractivity contribution in [2.45, 2.75) is 31.1 Å². The van der Waals surface area contributed by atoms with Crippen LogP contribution in [0.2, 0.25) is 0 Å². The van der Waals surface area contributed by atoms with Crippen molar-refractivity contribution in [1.29, 1.82) is 0 Å². The van der Waals surface area contributed by atoms with Crippen LogP contribution >= 0.6 is 0 Å². The van der Waals surface area contributed by atoms with Crippen molar-refractivity contribution in [3.05, 3.63) is 23.8 Å². The zero-order chi connectivity index (χ0) is 19.3. The highest BCUT2D eigenvalue weighted by Gasteiger charge is 2.27. The van der Waals surface area contributed by atoms with Crippen LogP contribution in [0.4, 0.5) is 0 Å². The third-order valence-electron chi connectivity index (χ3n) is 4.07. The van der Waals surface area contributed by atoms with Gasteiger partial charge in [0.05, 0.1) is 12.0 Å². The number of methoxy groups -OCH3 is 1. The summed E-state index contributed by atoms with van der Waals surface area (Å²) in [4.78, 5) is 26.1. The Balaban J connectivity index is 2.07. The number of hydrogen-bond acceptors (Lipinski definition) is 6. The lowest BCUT2D eigenvalue weighted by Crippen LogP contribution is -2.36. The molecule has 1 aliphatic rings. The molecule has 0 unspecified atom stereocenters. The molecule has 8 nitrogen and oxygen atoms in total. The van der Waals surface area contributed by atoms with E-state index in [-0.39, 0.29) is 22.1 Å². The minimum atomic E-state index is -3.98. The smallest absolute Gasteiger partial charge is 0.342 e. The van der Waals surface area contributed by atoms with Crippen molar-refractivity contribution in [3.8, 4) is 5.75 Å². The molecule has 1 fully saturated rings. The third-order valence-corrected chi connectivity index (χ3v) is 4.98. The summed E-state index contributed by atoms with van der Waals surface area (Å²) in [6.45, 7) is 2.85. The maximum absolute atomic E-state index is 12.3. The van der Waals surface area contributed by atoms with Crippen LogP contribution in [-0.4, -0.2) is 52.0 Å². The van der Waals surface area contributed by atoms with E-state index in [0.29, 0.717) is 19.0 Å². The molecule has 0 bridgehead atoms. The highest BCUT2D eigenvalue weighted by atomic mass is 32.2. The summed E-state index contributed by atoms with van der Waals surface area (Å²) in [5.41, 5.74) is -0.101. The Morgan fingerprint density at radius 2 is 2.00 bits per heavy atom. The molecule has 0 heterocycles. The molecule has 0 aliphatic heterocycles. The van der Waals surface area contributed by atoms with E-state index in [0.717, 1.165) is 25.3 Å². The van der Waals surface area contributed by atoms with E-state index in [1.54, 1.807) is 4.90 Å². The van der Waals surface area contributed by atoms with Gasteiger partial charge in [0.2, 0.25) is 10.0 Å². The van der Waals surface area contributed by atoms with E-state index in [1.165, 1.54) is 19.2 Å². The van der Waals surface area contributed by atoms with Gasteiger partial charge in [0, 0.05) is 13.1 Å². The van der Waals surface area contributed by atoms with Crippen molar-refractivity contribution in [1.82, 2.24) is 4.90 Å². The number of hydrogen-bond donors (Lipinski definition) is 1. The van der Waals surface area contributed by atoms with Gasteiger partial charge in [-0.25, -0.2) is 18.4 Å². The SMILES string of the molecule is CCCN(CC1CC1)C(=O)COC(=O)c1cc(S(N)(=O)=O)ccc1OC. The number of sulfonamides is 1. The van der Waals surface area contributed by atoms with Gasteiger partial charge in [0.1, 0.15) is 11.3 Å². The van der Waals surface area contributed by atoms with Gasteiger partial charge in [0.15, 0.2) is 6.61 Å². The molecule has 0 saturated heterocycles. The highest BCUT2D eigenvalue weighted by molar-refractivity contribution is 7.89. The van der Waals surface area contributed by atoms with Gasteiger partial charge in [-0.3, -0.25) is 4.79 Å². The van der Waals surface area contributed by atoms with Crippen LogP contribution in [0.1, 0.15) is 36.5 Å². The monoisotopic (exact) mass is 384 g/mol. The van der Waals surface area contributed by atoms with Gasteiger partial charge in [-0.1, -0.05) is 6.92 Å². The molecule has 9 heteroatoms. The summed E-state index contributed by atoms with van der Waals surface area (Å²) in [7, 11) is -2.64. The normalized spacial score (nSPS) is 14.0.